The number of hydrogen-bond acceptors (Lipinski definition) is 3. The van der Waals surface area contributed by atoms with Crippen LogP contribution in [0.1, 0.15) is 10.9 Å². The Bertz CT molecular complexity index is 265. The summed E-state index contributed by atoms with van der Waals surface area (Å²) in [5.74, 6) is 1.23. The fourth-order valence-electron chi connectivity index (χ4n) is 1.42. The molecule has 0 radical (unpaired) electrons. The van der Waals surface area contributed by atoms with Crippen LogP contribution in [0.5, 0.6) is 0 Å². The molecule has 0 bridgehead atoms. The van der Waals surface area contributed by atoms with Gasteiger partial charge >= 0.3 is 0 Å². The van der Waals surface area contributed by atoms with Crippen LogP contribution < -0.4 is 5.32 Å². The zero-order chi connectivity index (χ0) is 9.10. The Labute approximate surface area is 87.7 Å². The van der Waals surface area contributed by atoms with Crippen LogP contribution in [0.25, 0.3) is 0 Å². The van der Waals surface area contributed by atoms with Crippen molar-refractivity contribution in [1.82, 2.24) is 5.32 Å². The third-order valence-corrected chi connectivity index (χ3v) is 4.09. The molecule has 1 nitrogen and oxygen atoms in total. The lowest BCUT2D eigenvalue weighted by Crippen LogP contribution is -2.11. The van der Waals surface area contributed by atoms with E-state index in [9.17, 15) is 0 Å². The first-order chi connectivity index (χ1) is 6.40. The minimum Gasteiger partial charge on any atom is -0.301 e. The molecule has 0 amide bonds. The van der Waals surface area contributed by atoms with Crippen molar-refractivity contribution in [3.63, 3.8) is 0 Å². The molecule has 1 heterocycles. The van der Waals surface area contributed by atoms with Crippen LogP contribution in [0.3, 0.4) is 0 Å². The summed E-state index contributed by atoms with van der Waals surface area (Å²) in [4.78, 5) is 1.34. The number of benzene rings is 1. The highest BCUT2D eigenvalue weighted by atomic mass is 32.2. The number of hydrogen-bond donors (Lipinski definition) is 1. The number of nitrogens with one attached hydrogen (secondary N) is 1. The van der Waals surface area contributed by atoms with Gasteiger partial charge in [-0.05, 0) is 24.0 Å². The highest BCUT2D eigenvalue weighted by molar-refractivity contribution is 7.99. The summed E-state index contributed by atoms with van der Waals surface area (Å²) in [6, 6.07) is 8.84. The van der Waals surface area contributed by atoms with Gasteiger partial charge in [-0.3, -0.25) is 0 Å². The van der Waals surface area contributed by atoms with Gasteiger partial charge in [0, 0.05) is 17.2 Å². The molecule has 1 aromatic carbocycles. The number of thioether (sulfide) groups is 2. The summed E-state index contributed by atoms with van der Waals surface area (Å²) >= 11 is 3.78. The zero-order valence-electron chi connectivity index (χ0n) is 7.62. The molecule has 0 spiro atoms. The van der Waals surface area contributed by atoms with Crippen LogP contribution in [-0.2, 0) is 0 Å². The largest absolute Gasteiger partial charge is 0.301 e. The van der Waals surface area contributed by atoms with Crippen LogP contribution in [0.2, 0.25) is 0 Å². The predicted octanol–water partition coefficient (Wildman–Crippen LogP) is 2.74. The first kappa shape index (κ1) is 9.44. The molecule has 70 valence electrons. The van der Waals surface area contributed by atoms with Crippen molar-refractivity contribution in [1.29, 1.82) is 0 Å². The normalized spacial score (nSPS) is 22.1. The van der Waals surface area contributed by atoms with Gasteiger partial charge in [-0.1, -0.05) is 12.1 Å². The minimum absolute atomic E-state index is 0.524. The molecule has 1 atom stereocenters. The van der Waals surface area contributed by atoms with Crippen LogP contribution in [0.15, 0.2) is 29.2 Å². The van der Waals surface area contributed by atoms with Gasteiger partial charge in [0.05, 0.1) is 5.37 Å². The lowest BCUT2D eigenvalue weighted by atomic mass is 10.2. The van der Waals surface area contributed by atoms with Crippen molar-refractivity contribution >= 4 is 23.5 Å². The van der Waals surface area contributed by atoms with Gasteiger partial charge in [0.2, 0.25) is 0 Å². The fourth-order valence-corrected chi connectivity index (χ4v) is 2.88. The molecule has 1 aromatic rings. The van der Waals surface area contributed by atoms with E-state index in [0.717, 1.165) is 6.54 Å². The van der Waals surface area contributed by atoms with Gasteiger partial charge in [-0.25, -0.2) is 0 Å². The first-order valence-electron chi connectivity index (χ1n) is 4.39. The van der Waals surface area contributed by atoms with Gasteiger partial charge in [0.1, 0.15) is 0 Å². The van der Waals surface area contributed by atoms with E-state index in [1.54, 1.807) is 11.8 Å². The fraction of sp³-hybridized carbons (Fsp3) is 0.400. The molecule has 1 aliphatic rings. The van der Waals surface area contributed by atoms with E-state index in [-0.39, 0.29) is 0 Å². The van der Waals surface area contributed by atoms with Crippen molar-refractivity contribution in [2.45, 2.75) is 10.3 Å². The van der Waals surface area contributed by atoms with Crippen LogP contribution >= 0.6 is 23.5 Å². The average molecular weight is 211 g/mol. The summed E-state index contributed by atoms with van der Waals surface area (Å²) in [6.45, 7) is 1.14. The maximum absolute atomic E-state index is 3.47. The Morgan fingerprint density at radius 2 is 2.15 bits per heavy atom. The summed E-state index contributed by atoms with van der Waals surface area (Å²) in [7, 11) is 0. The SMILES string of the molecule is CSc1ccc(C2NCCS2)cc1. The Morgan fingerprint density at radius 3 is 2.69 bits per heavy atom. The van der Waals surface area contributed by atoms with E-state index in [1.165, 1.54) is 16.2 Å². The van der Waals surface area contributed by atoms with Crippen molar-refractivity contribution in [3.8, 4) is 0 Å². The van der Waals surface area contributed by atoms with E-state index in [1.807, 2.05) is 11.8 Å². The van der Waals surface area contributed by atoms with Gasteiger partial charge in [0.15, 0.2) is 0 Å². The summed E-state index contributed by atoms with van der Waals surface area (Å²) in [5.41, 5.74) is 1.40. The van der Waals surface area contributed by atoms with Crippen molar-refractivity contribution in [3.05, 3.63) is 29.8 Å². The van der Waals surface area contributed by atoms with E-state index >= 15 is 0 Å². The van der Waals surface area contributed by atoms with Crippen LogP contribution in [0, 0.1) is 0 Å². The Balaban J connectivity index is 2.12. The minimum atomic E-state index is 0.524. The molecule has 0 saturated carbocycles. The lowest BCUT2D eigenvalue weighted by molar-refractivity contribution is 0.750. The monoisotopic (exact) mass is 211 g/mol. The van der Waals surface area contributed by atoms with Crippen molar-refractivity contribution in [2.24, 2.45) is 0 Å². The molecule has 0 aliphatic carbocycles. The topological polar surface area (TPSA) is 12.0 Å². The molecule has 1 saturated heterocycles. The second kappa shape index (κ2) is 4.40. The van der Waals surface area contributed by atoms with Crippen LogP contribution in [-0.4, -0.2) is 18.6 Å². The molecule has 1 unspecified atom stereocenters. The lowest BCUT2D eigenvalue weighted by Gasteiger charge is -2.09. The van der Waals surface area contributed by atoms with Gasteiger partial charge in [-0.15, -0.1) is 23.5 Å². The number of rotatable bonds is 2. The quantitative estimate of drug-likeness (QED) is 0.755. The molecular weight excluding hydrogens is 198 g/mol. The molecule has 1 N–H and O–H groups in total. The Kier molecular flexibility index (Phi) is 3.19. The maximum atomic E-state index is 3.47. The Hall–Kier alpha value is -0.120. The van der Waals surface area contributed by atoms with Gasteiger partial charge < -0.3 is 5.32 Å². The highest BCUT2D eigenvalue weighted by Crippen LogP contribution is 2.30. The first-order valence-corrected chi connectivity index (χ1v) is 6.66. The summed E-state index contributed by atoms with van der Waals surface area (Å²) in [5, 5.41) is 3.99. The smallest absolute Gasteiger partial charge is 0.0790 e. The van der Waals surface area contributed by atoms with Crippen LogP contribution in [0.4, 0.5) is 0 Å². The summed E-state index contributed by atoms with van der Waals surface area (Å²) in [6.07, 6.45) is 2.11. The standard InChI is InChI=1S/C10H13NS2/c1-12-9-4-2-8(3-5-9)10-11-6-7-13-10/h2-5,10-11H,6-7H2,1H3. The van der Waals surface area contributed by atoms with E-state index in [4.69, 9.17) is 0 Å². The highest BCUT2D eigenvalue weighted by Gasteiger charge is 2.15. The van der Waals surface area contributed by atoms with Crippen molar-refractivity contribution < 1.29 is 0 Å². The average Bonchev–Trinajstić information content (AvgIpc) is 2.71. The molecular formula is C10H13NS2. The Morgan fingerprint density at radius 1 is 1.38 bits per heavy atom. The van der Waals surface area contributed by atoms with E-state index < -0.39 is 0 Å². The second-order valence-electron chi connectivity index (χ2n) is 2.98. The van der Waals surface area contributed by atoms with Crippen molar-refractivity contribution in [2.75, 3.05) is 18.6 Å². The molecule has 2 rings (SSSR count). The third kappa shape index (κ3) is 2.22. The molecule has 1 fully saturated rings. The van der Waals surface area contributed by atoms with E-state index in [0.29, 0.717) is 5.37 Å². The van der Waals surface area contributed by atoms with Gasteiger partial charge in [0.25, 0.3) is 0 Å². The van der Waals surface area contributed by atoms with E-state index in [2.05, 4.69) is 35.8 Å². The maximum Gasteiger partial charge on any atom is 0.0790 e. The molecule has 3 heteroatoms. The molecule has 0 aromatic heterocycles. The van der Waals surface area contributed by atoms with Gasteiger partial charge in [-0.2, -0.15) is 0 Å². The molecule has 1 aliphatic heterocycles. The second-order valence-corrected chi connectivity index (χ2v) is 5.07. The third-order valence-electron chi connectivity index (χ3n) is 2.13. The zero-order valence-corrected chi connectivity index (χ0v) is 9.25. The summed E-state index contributed by atoms with van der Waals surface area (Å²) < 4.78 is 0. The molecule has 13 heavy (non-hydrogen) atoms. The predicted molar refractivity (Wildman–Crippen MR) is 61.4 cm³/mol.